The van der Waals surface area contributed by atoms with Crippen molar-refractivity contribution in [2.45, 2.75) is 57.8 Å². The number of hydrogen-bond acceptors (Lipinski definition) is 4. The van der Waals surface area contributed by atoms with E-state index in [4.69, 9.17) is 4.74 Å². The molecule has 2 saturated heterocycles. The summed E-state index contributed by atoms with van der Waals surface area (Å²) in [7, 11) is -2.13. The summed E-state index contributed by atoms with van der Waals surface area (Å²) < 4.78 is 48.9. The van der Waals surface area contributed by atoms with Crippen LogP contribution < -0.4 is 13.9 Å². The minimum Gasteiger partial charge on any atom is -0.504 e. The summed E-state index contributed by atoms with van der Waals surface area (Å²) in [6.07, 6.45) is 1.29. The zero-order chi connectivity index (χ0) is 24.0. The third-order valence-electron chi connectivity index (χ3n) is 6.73. The molecule has 0 radical (unpaired) electrons. The van der Waals surface area contributed by atoms with Crippen molar-refractivity contribution in [3.63, 3.8) is 0 Å². The van der Waals surface area contributed by atoms with Crippen LogP contribution in [0.25, 0.3) is 0 Å². The van der Waals surface area contributed by atoms with E-state index >= 15 is 0 Å². The molecule has 2 aliphatic rings. The van der Waals surface area contributed by atoms with Gasteiger partial charge in [0.2, 0.25) is 0 Å². The summed E-state index contributed by atoms with van der Waals surface area (Å²) in [5, 5.41) is 10.1. The Hall–Kier alpha value is -2.36. The standard InChI is InChI=1S/C24H32FN3O4S/c1-17(2)32-23-12-19(8-9-22(23)29)15-27-11-10-24(14-18(27)3)16-26(4)33(30,31)28(24)21-7-5-6-20(25)13-21/h5-9,12-13,17-18,29H,10-11,14-16H2,1-4H3/p+1/t18-,24+/m0/s1. The van der Waals surface area contributed by atoms with Gasteiger partial charge >= 0.3 is 10.2 Å². The molecule has 0 bridgehead atoms. The molecule has 2 aliphatic heterocycles. The molecule has 2 N–H and O–H groups in total. The van der Waals surface area contributed by atoms with E-state index in [1.54, 1.807) is 25.2 Å². The fourth-order valence-corrected chi connectivity index (χ4v) is 7.05. The first kappa shape index (κ1) is 23.8. The van der Waals surface area contributed by atoms with Crippen molar-refractivity contribution in [1.29, 1.82) is 0 Å². The van der Waals surface area contributed by atoms with Crippen molar-refractivity contribution in [2.75, 3.05) is 24.4 Å². The second-order valence-electron chi connectivity index (χ2n) is 9.64. The van der Waals surface area contributed by atoms with Crippen LogP contribution in [0.5, 0.6) is 11.5 Å². The number of halogens is 1. The van der Waals surface area contributed by atoms with Crippen molar-refractivity contribution in [3.8, 4) is 11.5 Å². The van der Waals surface area contributed by atoms with Crippen LogP contribution in [0, 0.1) is 5.82 Å². The largest absolute Gasteiger partial charge is 0.504 e. The smallest absolute Gasteiger partial charge is 0.304 e. The van der Waals surface area contributed by atoms with Gasteiger partial charge in [0.05, 0.1) is 29.9 Å². The number of ether oxygens (including phenoxy) is 1. The predicted molar refractivity (Wildman–Crippen MR) is 125 cm³/mol. The Bertz CT molecular complexity index is 1130. The normalized spacial score (nSPS) is 27.4. The SMILES string of the molecule is CC(C)Oc1cc(C[NH+]2CC[C@@]3(C[C@@H]2C)CN(C)S(=O)(=O)N3c2cccc(F)c2)ccc1O. The number of rotatable bonds is 5. The molecule has 2 aromatic rings. The number of benzene rings is 2. The van der Waals surface area contributed by atoms with Crippen LogP contribution in [0.15, 0.2) is 42.5 Å². The first-order valence-electron chi connectivity index (χ1n) is 11.4. The Kier molecular flexibility index (Phi) is 6.32. The van der Waals surface area contributed by atoms with Crippen LogP contribution in [-0.2, 0) is 16.8 Å². The number of phenols is 1. The number of anilines is 1. The number of quaternary nitrogens is 1. The molecule has 4 rings (SSSR count). The molecule has 3 atom stereocenters. The summed E-state index contributed by atoms with van der Waals surface area (Å²) in [5.41, 5.74) is 0.828. The zero-order valence-corrected chi connectivity index (χ0v) is 20.4. The molecule has 9 heteroatoms. The van der Waals surface area contributed by atoms with Crippen molar-refractivity contribution >= 4 is 15.9 Å². The van der Waals surface area contributed by atoms with Gasteiger partial charge in [-0.05, 0) is 57.2 Å². The molecule has 0 aromatic heterocycles. The highest BCUT2D eigenvalue weighted by Gasteiger charge is 2.56. The summed E-state index contributed by atoms with van der Waals surface area (Å²) in [6, 6.07) is 11.5. The van der Waals surface area contributed by atoms with Crippen LogP contribution in [0.2, 0.25) is 0 Å². The molecule has 1 unspecified atom stereocenters. The van der Waals surface area contributed by atoms with Crippen molar-refractivity contribution in [3.05, 3.63) is 53.8 Å². The topological polar surface area (TPSA) is 74.5 Å². The van der Waals surface area contributed by atoms with Gasteiger partial charge in [0.25, 0.3) is 0 Å². The molecule has 33 heavy (non-hydrogen) atoms. The molecule has 180 valence electrons. The number of piperidine rings is 1. The maximum Gasteiger partial charge on any atom is 0.304 e. The number of hydrogen-bond donors (Lipinski definition) is 2. The molecule has 2 aromatic carbocycles. The second-order valence-corrected chi connectivity index (χ2v) is 11.5. The predicted octanol–water partition coefficient (Wildman–Crippen LogP) is 2.32. The molecular weight excluding hydrogens is 445 g/mol. The second kappa shape index (κ2) is 8.77. The van der Waals surface area contributed by atoms with Gasteiger partial charge in [-0.2, -0.15) is 12.7 Å². The summed E-state index contributed by atoms with van der Waals surface area (Å²) in [6.45, 7) is 7.87. The molecule has 1 spiro atoms. The van der Waals surface area contributed by atoms with Gasteiger partial charge in [0.1, 0.15) is 12.4 Å². The Morgan fingerprint density at radius 2 is 2.03 bits per heavy atom. The molecule has 0 aliphatic carbocycles. The summed E-state index contributed by atoms with van der Waals surface area (Å²) >= 11 is 0. The van der Waals surface area contributed by atoms with E-state index in [-0.39, 0.29) is 17.9 Å². The van der Waals surface area contributed by atoms with Crippen molar-refractivity contribution < 1.29 is 27.6 Å². The highest BCUT2D eigenvalue weighted by Crippen LogP contribution is 2.41. The van der Waals surface area contributed by atoms with E-state index in [2.05, 4.69) is 6.92 Å². The fourth-order valence-electron chi connectivity index (χ4n) is 5.28. The monoisotopic (exact) mass is 478 g/mol. The zero-order valence-electron chi connectivity index (χ0n) is 19.6. The molecule has 2 fully saturated rings. The van der Waals surface area contributed by atoms with Crippen molar-refractivity contribution in [1.82, 2.24) is 4.31 Å². The van der Waals surface area contributed by atoms with E-state index in [9.17, 15) is 17.9 Å². The first-order chi connectivity index (χ1) is 15.5. The number of likely N-dealkylation sites (N-methyl/N-ethyl adjacent to an activating group) is 1. The van der Waals surface area contributed by atoms with Gasteiger partial charge in [0, 0.05) is 32.0 Å². The number of likely N-dealkylation sites (tertiary alicyclic amines) is 1. The highest BCUT2D eigenvalue weighted by molar-refractivity contribution is 7.90. The van der Waals surface area contributed by atoms with Gasteiger partial charge in [-0.15, -0.1) is 0 Å². The summed E-state index contributed by atoms with van der Waals surface area (Å²) in [4.78, 5) is 1.34. The lowest BCUT2D eigenvalue weighted by atomic mass is 9.82. The lowest BCUT2D eigenvalue weighted by Crippen LogP contribution is -3.16. The van der Waals surface area contributed by atoms with E-state index in [0.717, 1.165) is 18.7 Å². The number of phenolic OH excluding ortho intramolecular Hbond substituents is 1. The average molecular weight is 479 g/mol. The van der Waals surface area contributed by atoms with E-state index in [1.807, 2.05) is 26.0 Å². The molecule has 7 nitrogen and oxygen atoms in total. The Morgan fingerprint density at radius 1 is 1.27 bits per heavy atom. The minimum atomic E-state index is -3.72. The highest BCUT2D eigenvalue weighted by atomic mass is 32.2. The Balaban J connectivity index is 1.57. The molecule has 0 saturated carbocycles. The average Bonchev–Trinajstić information content (AvgIpc) is 2.91. The number of aromatic hydroxyl groups is 1. The fraction of sp³-hybridized carbons (Fsp3) is 0.500. The van der Waals surface area contributed by atoms with E-state index in [1.165, 1.54) is 25.6 Å². The van der Waals surface area contributed by atoms with Crippen LogP contribution in [0.3, 0.4) is 0 Å². The van der Waals surface area contributed by atoms with Crippen LogP contribution >= 0.6 is 0 Å². The lowest BCUT2D eigenvalue weighted by Gasteiger charge is -2.45. The first-order valence-corrected chi connectivity index (χ1v) is 12.8. The van der Waals surface area contributed by atoms with Crippen molar-refractivity contribution in [2.24, 2.45) is 0 Å². The lowest BCUT2D eigenvalue weighted by molar-refractivity contribution is -0.943. The molecule has 0 amide bonds. The third kappa shape index (κ3) is 4.54. The van der Waals surface area contributed by atoms with E-state index < -0.39 is 21.6 Å². The number of nitrogens with one attached hydrogen (secondary N) is 1. The van der Waals surface area contributed by atoms with Gasteiger partial charge < -0.3 is 14.7 Å². The quantitative estimate of drug-likeness (QED) is 0.692. The van der Waals surface area contributed by atoms with Gasteiger partial charge in [-0.25, -0.2) is 8.70 Å². The Morgan fingerprint density at radius 3 is 2.70 bits per heavy atom. The van der Waals surface area contributed by atoms with E-state index in [0.29, 0.717) is 30.8 Å². The van der Waals surface area contributed by atoms with Gasteiger partial charge in [-0.3, -0.25) is 0 Å². The molecule has 2 heterocycles. The van der Waals surface area contributed by atoms with Gasteiger partial charge in [0.15, 0.2) is 11.5 Å². The Labute approximate surface area is 195 Å². The minimum absolute atomic E-state index is 0.0395. The maximum absolute atomic E-state index is 14.0. The third-order valence-corrected chi connectivity index (χ3v) is 8.70. The summed E-state index contributed by atoms with van der Waals surface area (Å²) in [5.74, 6) is 0.150. The number of nitrogens with zero attached hydrogens (tertiary/aromatic N) is 2. The van der Waals surface area contributed by atoms with Crippen LogP contribution in [-0.4, -0.2) is 55.7 Å². The molecular formula is C24H33FN3O4S+. The van der Waals surface area contributed by atoms with Gasteiger partial charge in [-0.1, -0.05) is 6.07 Å². The van der Waals surface area contributed by atoms with Crippen LogP contribution in [0.1, 0.15) is 39.2 Å². The van der Waals surface area contributed by atoms with Crippen LogP contribution in [0.4, 0.5) is 10.1 Å². The maximum atomic E-state index is 14.0.